The summed E-state index contributed by atoms with van der Waals surface area (Å²) < 4.78 is 0. The number of carbonyl (C=O) groups excluding carboxylic acids is 2. The standard InChI is InChI=1S/C15H13ClN4O2/c1-9-18-13-5-4-11(16)7-12(13)15(22)20(9)19-14(21)10-3-2-6-17-8-10/h2-9,18H,1H3,(H,19,21). The van der Waals surface area contributed by atoms with Gasteiger partial charge in [0.25, 0.3) is 11.8 Å². The predicted octanol–water partition coefficient (Wildman–Crippen LogP) is 2.29. The van der Waals surface area contributed by atoms with E-state index in [1.807, 2.05) is 0 Å². The van der Waals surface area contributed by atoms with Crippen molar-refractivity contribution in [3.63, 3.8) is 0 Å². The third-order valence-corrected chi connectivity index (χ3v) is 3.56. The van der Waals surface area contributed by atoms with Gasteiger partial charge in [-0.2, -0.15) is 0 Å². The Bertz CT molecular complexity index is 736. The van der Waals surface area contributed by atoms with Gasteiger partial charge in [0.2, 0.25) is 0 Å². The summed E-state index contributed by atoms with van der Waals surface area (Å²) in [5, 5.41) is 4.84. The van der Waals surface area contributed by atoms with Gasteiger partial charge in [-0.1, -0.05) is 11.6 Å². The van der Waals surface area contributed by atoms with Crippen LogP contribution in [0.4, 0.5) is 5.69 Å². The first-order valence-electron chi connectivity index (χ1n) is 6.67. The molecule has 1 atom stereocenters. The molecule has 7 heteroatoms. The van der Waals surface area contributed by atoms with Crippen molar-refractivity contribution in [2.45, 2.75) is 13.1 Å². The van der Waals surface area contributed by atoms with Crippen molar-refractivity contribution in [1.82, 2.24) is 15.4 Å². The van der Waals surface area contributed by atoms with E-state index in [0.29, 0.717) is 21.8 Å². The van der Waals surface area contributed by atoms with Gasteiger partial charge in [0.15, 0.2) is 0 Å². The van der Waals surface area contributed by atoms with Gasteiger partial charge in [-0.25, -0.2) is 5.01 Å². The molecule has 0 bridgehead atoms. The molecule has 2 aromatic rings. The lowest BCUT2D eigenvalue weighted by Crippen LogP contribution is -2.56. The number of hydrazine groups is 1. The number of benzene rings is 1. The highest BCUT2D eigenvalue weighted by Crippen LogP contribution is 2.27. The van der Waals surface area contributed by atoms with Gasteiger partial charge in [0.1, 0.15) is 6.17 Å². The van der Waals surface area contributed by atoms with Gasteiger partial charge >= 0.3 is 0 Å². The lowest BCUT2D eigenvalue weighted by molar-refractivity contribution is 0.0510. The maximum atomic E-state index is 12.5. The van der Waals surface area contributed by atoms with Crippen LogP contribution in [-0.4, -0.2) is 28.0 Å². The summed E-state index contributed by atoms with van der Waals surface area (Å²) in [7, 11) is 0. The van der Waals surface area contributed by atoms with Crippen molar-refractivity contribution in [3.05, 3.63) is 58.9 Å². The van der Waals surface area contributed by atoms with Crippen LogP contribution in [-0.2, 0) is 0 Å². The number of fused-ring (bicyclic) bond motifs is 1. The largest absolute Gasteiger partial charge is 0.363 e. The highest BCUT2D eigenvalue weighted by atomic mass is 35.5. The van der Waals surface area contributed by atoms with E-state index in [0.717, 1.165) is 0 Å². The maximum Gasteiger partial charge on any atom is 0.276 e. The van der Waals surface area contributed by atoms with Crippen molar-refractivity contribution >= 4 is 29.1 Å². The Kier molecular flexibility index (Phi) is 3.68. The van der Waals surface area contributed by atoms with Crippen molar-refractivity contribution in [3.8, 4) is 0 Å². The summed E-state index contributed by atoms with van der Waals surface area (Å²) in [6.07, 6.45) is 2.62. The molecule has 22 heavy (non-hydrogen) atoms. The second-order valence-corrected chi connectivity index (χ2v) is 5.30. The number of nitrogens with one attached hydrogen (secondary N) is 2. The van der Waals surface area contributed by atoms with Crippen molar-refractivity contribution in [2.24, 2.45) is 0 Å². The Morgan fingerprint density at radius 3 is 2.95 bits per heavy atom. The SMILES string of the molecule is CC1Nc2ccc(Cl)cc2C(=O)N1NC(=O)c1cccnc1. The molecule has 112 valence electrons. The zero-order valence-corrected chi connectivity index (χ0v) is 12.5. The summed E-state index contributed by atoms with van der Waals surface area (Å²) in [5.41, 5.74) is 4.07. The molecule has 0 spiro atoms. The first kappa shape index (κ1) is 14.3. The molecule has 0 fully saturated rings. The number of anilines is 1. The zero-order valence-electron chi connectivity index (χ0n) is 11.7. The predicted molar refractivity (Wildman–Crippen MR) is 82.4 cm³/mol. The van der Waals surface area contributed by atoms with E-state index in [2.05, 4.69) is 15.7 Å². The lowest BCUT2D eigenvalue weighted by Gasteiger charge is -2.35. The highest BCUT2D eigenvalue weighted by Gasteiger charge is 2.31. The Balaban J connectivity index is 1.85. The Hall–Kier alpha value is -2.60. The van der Waals surface area contributed by atoms with Gasteiger partial charge in [-0.05, 0) is 37.3 Å². The fraction of sp³-hybridized carbons (Fsp3) is 0.133. The topological polar surface area (TPSA) is 74.3 Å². The van der Waals surface area contributed by atoms with Crippen molar-refractivity contribution in [1.29, 1.82) is 0 Å². The van der Waals surface area contributed by atoms with Crippen LogP contribution in [0, 0.1) is 0 Å². The zero-order chi connectivity index (χ0) is 15.7. The van der Waals surface area contributed by atoms with Gasteiger partial charge < -0.3 is 5.32 Å². The van der Waals surface area contributed by atoms with Crippen LogP contribution in [0.25, 0.3) is 0 Å². The quantitative estimate of drug-likeness (QED) is 0.891. The minimum atomic E-state index is -0.402. The Labute approximate surface area is 132 Å². The van der Waals surface area contributed by atoms with Crippen LogP contribution in [0.15, 0.2) is 42.7 Å². The molecule has 0 radical (unpaired) electrons. The Morgan fingerprint density at radius 1 is 1.41 bits per heavy atom. The summed E-state index contributed by atoms with van der Waals surface area (Å²) in [4.78, 5) is 28.6. The molecule has 1 aliphatic rings. The molecule has 0 saturated carbocycles. The van der Waals surface area contributed by atoms with Crippen molar-refractivity contribution in [2.75, 3.05) is 5.32 Å². The first-order valence-corrected chi connectivity index (χ1v) is 7.05. The molecule has 1 aromatic heterocycles. The number of rotatable bonds is 2. The second kappa shape index (κ2) is 5.65. The molecule has 0 aliphatic carbocycles. The minimum absolute atomic E-state index is 0.319. The van der Waals surface area contributed by atoms with E-state index in [9.17, 15) is 9.59 Å². The van der Waals surface area contributed by atoms with Gasteiger partial charge in [0.05, 0.1) is 11.1 Å². The molecule has 1 aromatic carbocycles. The van der Waals surface area contributed by atoms with E-state index in [4.69, 9.17) is 11.6 Å². The molecule has 2 N–H and O–H groups in total. The smallest absolute Gasteiger partial charge is 0.276 e. The average Bonchev–Trinajstić information content (AvgIpc) is 2.53. The van der Waals surface area contributed by atoms with E-state index in [-0.39, 0.29) is 12.1 Å². The number of hydrogen-bond acceptors (Lipinski definition) is 4. The summed E-state index contributed by atoms with van der Waals surface area (Å²) in [6, 6.07) is 8.30. The van der Waals surface area contributed by atoms with Crippen LogP contribution in [0.5, 0.6) is 0 Å². The number of amides is 2. The van der Waals surface area contributed by atoms with Crippen LogP contribution in [0.1, 0.15) is 27.6 Å². The first-order chi connectivity index (χ1) is 10.6. The number of pyridine rings is 1. The Morgan fingerprint density at radius 2 is 2.23 bits per heavy atom. The maximum absolute atomic E-state index is 12.5. The molecule has 2 heterocycles. The number of aromatic nitrogens is 1. The molecular formula is C15H13ClN4O2. The van der Waals surface area contributed by atoms with Gasteiger partial charge in [-0.3, -0.25) is 20.0 Å². The minimum Gasteiger partial charge on any atom is -0.363 e. The van der Waals surface area contributed by atoms with E-state index >= 15 is 0 Å². The average molecular weight is 317 g/mol. The highest BCUT2D eigenvalue weighted by molar-refractivity contribution is 6.31. The summed E-state index contributed by atoms with van der Waals surface area (Å²) in [5.74, 6) is -0.721. The third kappa shape index (κ3) is 2.60. The fourth-order valence-electron chi connectivity index (χ4n) is 2.23. The molecule has 2 amide bonds. The van der Waals surface area contributed by atoms with Crippen LogP contribution >= 0.6 is 11.6 Å². The van der Waals surface area contributed by atoms with E-state index < -0.39 is 5.91 Å². The molecular weight excluding hydrogens is 304 g/mol. The molecule has 0 saturated heterocycles. The van der Waals surface area contributed by atoms with Crippen LogP contribution in [0.2, 0.25) is 5.02 Å². The number of carbonyl (C=O) groups is 2. The summed E-state index contributed by atoms with van der Waals surface area (Å²) in [6.45, 7) is 1.78. The number of halogens is 1. The number of hydrogen-bond donors (Lipinski definition) is 2. The number of nitrogens with zero attached hydrogens (tertiary/aromatic N) is 2. The van der Waals surface area contributed by atoms with E-state index in [1.54, 1.807) is 43.5 Å². The second-order valence-electron chi connectivity index (χ2n) is 4.87. The van der Waals surface area contributed by atoms with Gasteiger partial charge in [0, 0.05) is 23.1 Å². The molecule has 6 nitrogen and oxygen atoms in total. The molecule has 1 unspecified atom stereocenters. The van der Waals surface area contributed by atoms with Crippen LogP contribution < -0.4 is 10.7 Å². The lowest BCUT2D eigenvalue weighted by atomic mass is 10.1. The molecule has 3 rings (SSSR count). The summed E-state index contributed by atoms with van der Waals surface area (Å²) >= 11 is 5.93. The van der Waals surface area contributed by atoms with Crippen LogP contribution in [0.3, 0.4) is 0 Å². The normalized spacial score (nSPS) is 16.7. The van der Waals surface area contributed by atoms with E-state index in [1.165, 1.54) is 11.2 Å². The third-order valence-electron chi connectivity index (χ3n) is 3.33. The van der Waals surface area contributed by atoms with Gasteiger partial charge in [-0.15, -0.1) is 0 Å². The fourth-order valence-corrected chi connectivity index (χ4v) is 2.41. The monoisotopic (exact) mass is 316 g/mol. The molecule has 1 aliphatic heterocycles. The van der Waals surface area contributed by atoms with Crippen molar-refractivity contribution < 1.29 is 9.59 Å².